The van der Waals surface area contributed by atoms with Crippen molar-refractivity contribution in [2.45, 2.75) is 163 Å². The van der Waals surface area contributed by atoms with Gasteiger partial charge in [-0.05, 0) is 26.7 Å². The van der Waals surface area contributed by atoms with Crippen molar-refractivity contribution >= 4 is 0 Å². The third kappa shape index (κ3) is 11.8. The van der Waals surface area contributed by atoms with Crippen molar-refractivity contribution in [3.8, 4) is 0 Å². The standard InChI is InChI=1S/C31H56N4/c1-5-7-9-11-13-15-17-19-21-23-30-32-25-28(3)34(30)27-35-29(4)26-33-31(35)24-22-20-18-16-14-12-10-8-6-2/h25-26H,5-24,27H2,1-4H3. The molecular weight excluding hydrogens is 428 g/mol. The molecule has 4 nitrogen and oxygen atoms in total. The number of imidazole rings is 2. The first-order valence-electron chi connectivity index (χ1n) is 15.2. The van der Waals surface area contributed by atoms with Crippen LogP contribution in [0.5, 0.6) is 0 Å². The molecule has 2 rings (SSSR count). The Kier molecular flexibility index (Phi) is 15.8. The smallest absolute Gasteiger partial charge is 0.110 e. The summed E-state index contributed by atoms with van der Waals surface area (Å²) in [5, 5.41) is 0. The van der Waals surface area contributed by atoms with Gasteiger partial charge >= 0.3 is 0 Å². The second-order valence-corrected chi connectivity index (χ2v) is 10.8. The van der Waals surface area contributed by atoms with Crippen LogP contribution in [0.4, 0.5) is 0 Å². The number of nitrogens with zero attached hydrogens (tertiary/aromatic N) is 4. The average Bonchev–Trinajstić information content (AvgIpc) is 3.39. The molecule has 0 amide bonds. The van der Waals surface area contributed by atoms with Gasteiger partial charge < -0.3 is 9.13 Å². The number of rotatable bonds is 22. The van der Waals surface area contributed by atoms with E-state index in [-0.39, 0.29) is 0 Å². The lowest BCUT2D eigenvalue weighted by Crippen LogP contribution is -2.16. The topological polar surface area (TPSA) is 35.6 Å². The van der Waals surface area contributed by atoms with Crippen LogP contribution in [0, 0.1) is 13.8 Å². The first kappa shape index (κ1) is 29.6. The highest BCUT2D eigenvalue weighted by atomic mass is 15.2. The Hall–Kier alpha value is -1.58. The molecule has 0 radical (unpaired) electrons. The van der Waals surface area contributed by atoms with Gasteiger partial charge in [-0.15, -0.1) is 0 Å². The van der Waals surface area contributed by atoms with Crippen molar-refractivity contribution in [3.63, 3.8) is 0 Å². The fourth-order valence-electron chi connectivity index (χ4n) is 5.14. The van der Waals surface area contributed by atoms with E-state index in [4.69, 9.17) is 9.97 Å². The molecule has 2 aromatic heterocycles. The molecule has 0 unspecified atom stereocenters. The Labute approximate surface area is 217 Å². The van der Waals surface area contributed by atoms with Crippen molar-refractivity contribution in [2.75, 3.05) is 0 Å². The van der Waals surface area contributed by atoms with Crippen LogP contribution in [0.2, 0.25) is 0 Å². The number of aryl methyl sites for hydroxylation is 4. The summed E-state index contributed by atoms with van der Waals surface area (Å²) < 4.78 is 4.83. The first-order valence-corrected chi connectivity index (χ1v) is 15.2. The largest absolute Gasteiger partial charge is 0.314 e. The fraction of sp³-hybridized carbons (Fsp3) is 0.806. The zero-order chi connectivity index (χ0) is 25.1. The van der Waals surface area contributed by atoms with Crippen molar-refractivity contribution < 1.29 is 0 Å². The minimum atomic E-state index is 0.858. The highest BCUT2D eigenvalue weighted by Gasteiger charge is 2.12. The summed E-state index contributed by atoms with van der Waals surface area (Å²) in [4.78, 5) is 9.55. The molecule has 0 aliphatic carbocycles. The van der Waals surface area contributed by atoms with Crippen LogP contribution in [0.1, 0.15) is 152 Å². The Bertz CT molecular complexity index is 709. The van der Waals surface area contributed by atoms with Gasteiger partial charge in [-0.3, -0.25) is 0 Å². The molecule has 0 aliphatic rings. The van der Waals surface area contributed by atoms with Crippen LogP contribution in [0.25, 0.3) is 0 Å². The van der Waals surface area contributed by atoms with E-state index in [2.05, 4.69) is 49.2 Å². The maximum atomic E-state index is 4.78. The Morgan fingerprint density at radius 1 is 0.486 bits per heavy atom. The summed E-state index contributed by atoms with van der Waals surface area (Å²) in [6.45, 7) is 9.83. The Morgan fingerprint density at radius 2 is 0.800 bits per heavy atom. The first-order chi connectivity index (χ1) is 17.2. The van der Waals surface area contributed by atoms with E-state index in [1.54, 1.807) is 0 Å². The summed E-state index contributed by atoms with van der Waals surface area (Å²) in [6, 6.07) is 0. The highest BCUT2D eigenvalue weighted by Crippen LogP contribution is 2.16. The van der Waals surface area contributed by atoms with Gasteiger partial charge in [0.05, 0.1) is 0 Å². The zero-order valence-electron chi connectivity index (χ0n) is 23.8. The second kappa shape index (κ2) is 18.7. The lowest BCUT2D eigenvalue weighted by molar-refractivity contribution is 0.513. The summed E-state index contributed by atoms with van der Waals surface area (Å²) in [5.41, 5.74) is 2.52. The third-order valence-electron chi connectivity index (χ3n) is 7.57. The molecule has 4 heteroatoms. The molecule has 35 heavy (non-hydrogen) atoms. The number of aromatic nitrogens is 4. The van der Waals surface area contributed by atoms with Crippen molar-refractivity contribution in [1.29, 1.82) is 0 Å². The molecule has 0 atom stereocenters. The maximum absolute atomic E-state index is 4.78. The minimum Gasteiger partial charge on any atom is -0.314 e. The molecular formula is C31H56N4. The monoisotopic (exact) mass is 484 g/mol. The zero-order valence-corrected chi connectivity index (χ0v) is 23.8. The number of hydrogen-bond acceptors (Lipinski definition) is 2. The van der Waals surface area contributed by atoms with Crippen molar-refractivity contribution in [2.24, 2.45) is 0 Å². The molecule has 0 N–H and O–H groups in total. The van der Waals surface area contributed by atoms with E-state index >= 15 is 0 Å². The van der Waals surface area contributed by atoms with Crippen LogP contribution in [0.15, 0.2) is 12.4 Å². The molecule has 0 saturated carbocycles. The molecule has 0 fully saturated rings. The summed E-state index contributed by atoms with van der Waals surface area (Å²) >= 11 is 0. The van der Waals surface area contributed by atoms with E-state index in [9.17, 15) is 0 Å². The van der Waals surface area contributed by atoms with E-state index in [1.807, 2.05) is 0 Å². The SMILES string of the molecule is CCCCCCCCCCCc1ncc(C)n1Cn1c(C)cnc1CCCCCCCCCCC. The van der Waals surface area contributed by atoms with Crippen LogP contribution in [-0.2, 0) is 19.5 Å². The maximum Gasteiger partial charge on any atom is 0.110 e. The van der Waals surface area contributed by atoms with Crippen LogP contribution in [0.3, 0.4) is 0 Å². The number of hydrogen-bond donors (Lipinski definition) is 0. The summed E-state index contributed by atoms with van der Waals surface area (Å²) in [6.07, 6.45) is 30.9. The van der Waals surface area contributed by atoms with Gasteiger partial charge in [0.15, 0.2) is 0 Å². The molecule has 0 bridgehead atoms. The van der Waals surface area contributed by atoms with Crippen molar-refractivity contribution in [3.05, 3.63) is 35.4 Å². The summed E-state index contributed by atoms with van der Waals surface area (Å²) in [5.74, 6) is 2.49. The van der Waals surface area contributed by atoms with E-state index in [0.29, 0.717) is 0 Å². The van der Waals surface area contributed by atoms with E-state index in [0.717, 1.165) is 19.5 Å². The number of unbranched alkanes of at least 4 members (excludes halogenated alkanes) is 16. The van der Waals surface area contributed by atoms with Crippen molar-refractivity contribution in [1.82, 2.24) is 19.1 Å². The van der Waals surface area contributed by atoms with Gasteiger partial charge in [0.25, 0.3) is 0 Å². The molecule has 200 valence electrons. The normalized spacial score (nSPS) is 11.5. The van der Waals surface area contributed by atoms with Gasteiger partial charge in [-0.1, -0.05) is 117 Å². The second-order valence-electron chi connectivity index (χ2n) is 10.8. The highest BCUT2D eigenvalue weighted by molar-refractivity contribution is 5.08. The van der Waals surface area contributed by atoms with Gasteiger partial charge in [0.1, 0.15) is 18.3 Å². The lowest BCUT2D eigenvalue weighted by atomic mass is 10.1. The summed E-state index contributed by atoms with van der Waals surface area (Å²) in [7, 11) is 0. The Morgan fingerprint density at radius 3 is 1.14 bits per heavy atom. The molecule has 0 aliphatic heterocycles. The minimum absolute atomic E-state index is 0.858. The quantitative estimate of drug-likeness (QED) is 0.156. The molecule has 2 heterocycles. The molecule has 2 aromatic rings. The van der Waals surface area contributed by atoms with Gasteiger partial charge in [0.2, 0.25) is 0 Å². The van der Waals surface area contributed by atoms with E-state index < -0.39 is 0 Å². The fourth-order valence-corrected chi connectivity index (χ4v) is 5.14. The molecule has 0 saturated heterocycles. The van der Waals surface area contributed by atoms with Gasteiger partial charge in [-0.25, -0.2) is 9.97 Å². The van der Waals surface area contributed by atoms with Gasteiger partial charge in [0, 0.05) is 36.6 Å². The predicted octanol–water partition coefficient (Wildman–Crippen LogP) is 9.35. The Balaban J connectivity index is 1.72. The predicted molar refractivity (Wildman–Crippen MR) is 151 cm³/mol. The lowest BCUT2D eigenvalue weighted by Gasteiger charge is -2.15. The third-order valence-corrected chi connectivity index (χ3v) is 7.57. The van der Waals surface area contributed by atoms with E-state index in [1.165, 1.54) is 139 Å². The van der Waals surface area contributed by atoms with Crippen LogP contribution in [-0.4, -0.2) is 19.1 Å². The molecule has 0 aromatic carbocycles. The van der Waals surface area contributed by atoms with Crippen LogP contribution < -0.4 is 0 Å². The average molecular weight is 485 g/mol. The van der Waals surface area contributed by atoms with Gasteiger partial charge in [-0.2, -0.15) is 0 Å². The molecule has 0 spiro atoms. The van der Waals surface area contributed by atoms with Crippen LogP contribution >= 0.6 is 0 Å².